The Morgan fingerprint density at radius 3 is 2.44 bits per heavy atom. The van der Waals surface area contributed by atoms with Gasteiger partial charge in [0, 0.05) is 24.5 Å². The third-order valence-electron chi connectivity index (χ3n) is 4.42. The number of hydrogen-bond acceptors (Lipinski definition) is 3. The Bertz CT molecular complexity index is 817. The van der Waals surface area contributed by atoms with E-state index in [9.17, 15) is 4.79 Å². The van der Waals surface area contributed by atoms with Crippen LogP contribution < -0.4 is 5.32 Å². The number of pyridine rings is 1. The average molecular weight is 334 g/mol. The fraction of sp³-hybridized carbons (Fsp3) is 0.250. The lowest BCUT2D eigenvalue weighted by Crippen LogP contribution is -2.31. The molecule has 2 aromatic heterocycles. The van der Waals surface area contributed by atoms with Gasteiger partial charge in [0.1, 0.15) is 0 Å². The van der Waals surface area contributed by atoms with Gasteiger partial charge in [0.2, 0.25) is 5.91 Å². The van der Waals surface area contributed by atoms with Gasteiger partial charge in [-0.3, -0.25) is 14.5 Å². The summed E-state index contributed by atoms with van der Waals surface area (Å²) in [5, 5.41) is 7.51. The van der Waals surface area contributed by atoms with E-state index in [1.165, 1.54) is 0 Å². The molecule has 1 unspecified atom stereocenters. The number of amides is 1. The third kappa shape index (κ3) is 3.76. The number of hydrogen-bond donors (Lipinski definition) is 1. The summed E-state index contributed by atoms with van der Waals surface area (Å²) in [6.07, 6.45) is 2.05. The van der Waals surface area contributed by atoms with Gasteiger partial charge in [0.15, 0.2) is 0 Å². The number of carbonyl (C=O) groups excluding carboxylic acids is 1. The van der Waals surface area contributed by atoms with Crippen molar-refractivity contribution in [3.05, 3.63) is 82.9 Å². The van der Waals surface area contributed by atoms with Crippen molar-refractivity contribution in [2.75, 3.05) is 0 Å². The van der Waals surface area contributed by atoms with Gasteiger partial charge in [-0.05, 0) is 31.5 Å². The van der Waals surface area contributed by atoms with E-state index < -0.39 is 0 Å². The third-order valence-corrected chi connectivity index (χ3v) is 4.42. The molecule has 1 amide bonds. The van der Waals surface area contributed by atoms with Crippen molar-refractivity contribution in [3.8, 4) is 0 Å². The zero-order valence-electron chi connectivity index (χ0n) is 14.7. The van der Waals surface area contributed by atoms with Gasteiger partial charge < -0.3 is 5.32 Å². The van der Waals surface area contributed by atoms with Crippen LogP contribution in [-0.2, 0) is 18.3 Å². The number of aromatic nitrogens is 3. The first-order valence-corrected chi connectivity index (χ1v) is 8.30. The van der Waals surface area contributed by atoms with Crippen molar-refractivity contribution in [2.45, 2.75) is 26.3 Å². The second-order valence-electron chi connectivity index (χ2n) is 6.12. The van der Waals surface area contributed by atoms with Gasteiger partial charge in [-0.1, -0.05) is 36.4 Å². The van der Waals surface area contributed by atoms with E-state index in [0.29, 0.717) is 6.42 Å². The molecule has 1 aromatic carbocycles. The van der Waals surface area contributed by atoms with Gasteiger partial charge in [-0.15, -0.1) is 0 Å². The zero-order valence-corrected chi connectivity index (χ0v) is 14.7. The Morgan fingerprint density at radius 2 is 1.84 bits per heavy atom. The summed E-state index contributed by atoms with van der Waals surface area (Å²) >= 11 is 0. The number of nitrogens with one attached hydrogen (secondary N) is 1. The molecule has 1 N–H and O–H groups in total. The maximum atomic E-state index is 12.7. The highest BCUT2D eigenvalue weighted by Crippen LogP contribution is 2.21. The maximum absolute atomic E-state index is 12.7. The average Bonchev–Trinajstić information content (AvgIpc) is 2.87. The predicted molar refractivity (Wildman–Crippen MR) is 97.1 cm³/mol. The molecule has 5 nitrogen and oxygen atoms in total. The molecule has 0 spiro atoms. The van der Waals surface area contributed by atoms with E-state index in [4.69, 9.17) is 0 Å². The maximum Gasteiger partial charge on any atom is 0.225 e. The van der Waals surface area contributed by atoms with Gasteiger partial charge in [0.25, 0.3) is 0 Å². The predicted octanol–water partition coefficient (Wildman–Crippen LogP) is 2.88. The van der Waals surface area contributed by atoms with Crippen LogP contribution in [-0.4, -0.2) is 20.7 Å². The van der Waals surface area contributed by atoms with Crippen LogP contribution in [0.5, 0.6) is 0 Å². The normalized spacial score (nSPS) is 12.0. The monoisotopic (exact) mass is 334 g/mol. The minimum Gasteiger partial charge on any atom is -0.343 e. The molecular formula is C20H22N4O. The van der Waals surface area contributed by atoms with Gasteiger partial charge in [-0.2, -0.15) is 5.10 Å². The van der Waals surface area contributed by atoms with Crippen LogP contribution in [0, 0.1) is 13.8 Å². The van der Waals surface area contributed by atoms with Gasteiger partial charge >= 0.3 is 0 Å². The Hall–Kier alpha value is -2.95. The number of nitrogens with zero attached hydrogens (tertiary/aromatic N) is 3. The molecule has 0 fully saturated rings. The fourth-order valence-electron chi connectivity index (χ4n) is 2.97. The standard InChI is InChI=1S/C20H22N4O/c1-14-17(15(2)24(3)23-14)13-19(25)22-20(16-9-5-4-6-10-16)18-11-7-8-12-21-18/h4-12,20H,13H2,1-3H3,(H,22,25). The lowest BCUT2D eigenvalue weighted by atomic mass is 10.0. The summed E-state index contributed by atoms with van der Waals surface area (Å²) in [7, 11) is 1.89. The van der Waals surface area contributed by atoms with E-state index in [2.05, 4.69) is 15.4 Å². The molecule has 0 aliphatic rings. The summed E-state index contributed by atoms with van der Waals surface area (Å²) in [6, 6.07) is 15.4. The van der Waals surface area contributed by atoms with Gasteiger partial charge in [0.05, 0.1) is 23.9 Å². The van der Waals surface area contributed by atoms with Crippen molar-refractivity contribution in [2.24, 2.45) is 7.05 Å². The molecule has 128 valence electrons. The zero-order chi connectivity index (χ0) is 17.8. The second-order valence-corrected chi connectivity index (χ2v) is 6.12. The topological polar surface area (TPSA) is 59.8 Å². The van der Waals surface area contributed by atoms with Crippen LogP contribution in [0.1, 0.15) is 34.3 Å². The smallest absolute Gasteiger partial charge is 0.225 e. The molecular weight excluding hydrogens is 312 g/mol. The first-order chi connectivity index (χ1) is 12.1. The Labute approximate surface area is 147 Å². The van der Waals surface area contributed by atoms with E-state index >= 15 is 0 Å². The van der Waals surface area contributed by atoms with Crippen LogP contribution in [0.3, 0.4) is 0 Å². The van der Waals surface area contributed by atoms with Crippen molar-refractivity contribution >= 4 is 5.91 Å². The first kappa shape index (κ1) is 16.9. The van der Waals surface area contributed by atoms with Crippen LogP contribution in [0.4, 0.5) is 0 Å². The molecule has 0 saturated heterocycles. The van der Waals surface area contributed by atoms with Crippen LogP contribution >= 0.6 is 0 Å². The Kier molecular flexibility index (Phi) is 4.93. The fourth-order valence-corrected chi connectivity index (χ4v) is 2.97. The van der Waals surface area contributed by atoms with Crippen molar-refractivity contribution < 1.29 is 4.79 Å². The number of benzene rings is 1. The summed E-state index contributed by atoms with van der Waals surface area (Å²) in [6.45, 7) is 3.92. The molecule has 3 rings (SSSR count). The molecule has 0 saturated carbocycles. The second kappa shape index (κ2) is 7.30. The summed E-state index contributed by atoms with van der Waals surface area (Å²) in [4.78, 5) is 17.1. The molecule has 0 aliphatic carbocycles. The number of rotatable bonds is 5. The van der Waals surface area contributed by atoms with E-state index in [0.717, 1.165) is 28.2 Å². The van der Waals surface area contributed by atoms with E-state index in [1.54, 1.807) is 6.20 Å². The number of carbonyl (C=O) groups is 1. The van der Waals surface area contributed by atoms with Crippen LogP contribution in [0.25, 0.3) is 0 Å². The molecule has 1 atom stereocenters. The summed E-state index contributed by atoms with van der Waals surface area (Å²) < 4.78 is 1.81. The highest BCUT2D eigenvalue weighted by Gasteiger charge is 2.20. The highest BCUT2D eigenvalue weighted by molar-refractivity contribution is 5.80. The quantitative estimate of drug-likeness (QED) is 0.780. The molecule has 5 heteroatoms. The van der Waals surface area contributed by atoms with Crippen molar-refractivity contribution in [1.29, 1.82) is 0 Å². The molecule has 0 aliphatic heterocycles. The minimum atomic E-state index is -0.271. The first-order valence-electron chi connectivity index (χ1n) is 8.30. The van der Waals surface area contributed by atoms with Crippen molar-refractivity contribution in [1.82, 2.24) is 20.1 Å². The Balaban J connectivity index is 1.84. The van der Waals surface area contributed by atoms with Gasteiger partial charge in [-0.25, -0.2) is 0 Å². The molecule has 3 aromatic rings. The molecule has 0 bridgehead atoms. The molecule has 2 heterocycles. The summed E-state index contributed by atoms with van der Waals surface area (Å²) in [5.41, 5.74) is 4.72. The Morgan fingerprint density at radius 1 is 1.12 bits per heavy atom. The number of aryl methyl sites for hydroxylation is 2. The summed E-state index contributed by atoms with van der Waals surface area (Å²) in [5.74, 6) is -0.0429. The van der Waals surface area contributed by atoms with Crippen LogP contribution in [0.2, 0.25) is 0 Å². The lowest BCUT2D eigenvalue weighted by Gasteiger charge is -2.19. The largest absolute Gasteiger partial charge is 0.343 e. The SMILES string of the molecule is Cc1nn(C)c(C)c1CC(=O)NC(c1ccccc1)c1ccccn1. The van der Waals surface area contributed by atoms with Crippen molar-refractivity contribution in [3.63, 3.8) is 0 Å². The van der Waals surface area contributed by atoms with Crippen LogP contribution in [0.15, 0.2) is 54.7 Å². The highest BCUT2D eigenvalue weighted by atomic mass is 16.1. The lowest BCUT2D eigenvalue weighted by molar-refractivity contribution is -0.121. The molecule has 0 radical (unpaired) electrons. The van der Waals surface area contributed by atoms with E-state index in [-0.39, 0.29) is 11.9 Å². The minimum absolute atomic E-state index is 0.0429. The molecule has 25 heavy (non-hydrogen) atoms. The van der Waals surface area contributed by atoms with E-state index in [1.807, 2.05) is 74.1 Å².